The third-order valence-electron chi connectivity index (χ3n) is 4.64. The molecule has 2 aromatic heterocycles. The van der Waals surface area contributed by atoms with Gasteiger partial charge >= 0.3 is 5.97 Å². The second-order valence-corrected chi connectivity index (χ2v) is 6.52. The molecule has 0 saturated heterocycles. The van der Waals surface area contributed by atoms with Crippen molar-refractivity contribution in [2.24, 2.45) is 0 Å². The molecule has 0 fully saturated rings. The Morgan fingerprint density at radius 2 is 2.03 bits per heavy atom. The van der Waals surface area contributed by atoms with Gasteiger partial charge in [-0.05, 0) is 49.4 Å². The molecule has 0 unspecified atom stereocenters. The lowest BCUT2D eigenvalue weighted by molar-refractivity contribution is -0.139. The van der Waals surface area contributed by atoms with Crippen LogP contribution >= 0.6 is 12.4 Å². The Morgan fingerprint density at radius 1 is 1.29 bits per heavy atom. The van der Waals surface area contributed by atoms with Crippen LogP contribution in [0.25, 0.3) is 17.1 Å². The number of nitrogens with one attached hydrogen (secondary N) is 1. The van der Waals surface area contributed by atoms with Crippen LogP contribution < -0.4 is 4.90 Å². The summed E-state index contributed by atoms with van der Waals surface area (Å²) in [5.74, 6) is -1.77. The summed E-state index contributed by atoms with van der Waals surface area (Å²) in [6, 6.07) is 9.24. The molecule has 0 atom stereocenters. The van der Waals surface area contributed by atoms with Gasteiger partial charge in [0.05, 0.1) is 6.61 Å². The summed E-state index contributed by atoms with van der Waals surface area (Å²) in [6.45, 7) is 1.76. The molecule has 9 heteroatoms. The summed E-state index contributed by atoms with van der Waals surface area (Å²) >= 11 is 0. The second kappa shape index (κ2) is 9.01. The van der Waals surface area contributed by atoms with Crippen molar-refractivity contribution < 1.29 is 23.5 Å². The van der Waals surface area contributed by atoms with Crippen molar-refractivity contribution in [1.82, 2.24) is 9.97 Å². The van der Waals surface area contributed by atoms with Crippen LogP contribution in [0.15, 0.2) is 66.0 Å². The smallest absolute Gasteiger partial charge is 0.347 e. The van der Waals surface area contributed by atoms with Gasteiger partial charge in [-0.2, -0.15) is 0 Å². The van der Waals surface area contributed by atoms with E-state index < -0.39 is 17.6 Å². The fourth-order valence-electron chi connectivity index (χ4n) is 3.16. The highest BCUT2D eigenvalue weighted by Gasteiger charge is 2.39. The molecule has 3 aromatic rings. The molecular formula is C22H19ClFN3O4. The molecule has 0 bridgehead atoms. The number of aromatic amines is 1. The molecule has 7 nitrogen and oxygen atoms in total. The Balaban J connectivity index is 0.00000272. The maximum Gasteiger partial charge on any atom is 0.347 e. The van der Waals surface area contributed by atoms with Gasteiger partial charge < -0.3 is 19.4 Å². The molecule has 0 saturated carbocycles. The minimum absolute atomic E-state index is 0. The molecule has 0 spiro atoms. The SMILES string of the molecule is CCOC(=O)C1=C(N(C)c2ccc(F)cc2)O/C(=C\c2c[nH]c3ncccc23)C1=O.Cl. The number of H-pyrrole nitrogens is 1. The number of esters is 1. The predicted molar refractivity (Wildman–Crippen MR) is 116 cm³/mol. The van der Waals surface area contributed by atoms with E-state index in [0.717, 1.165) is 5.39 Å². The number of Topliss-reactive ketones (excluding diaryl/α,β-unsaturated/α-hetero) is 1. The Bertz CT molecular complexity index is 1200. The van der Waals surface area contributed by atoms with Gasteiger partial charge in [0.15, 0.2) is 11.3 Å². The van der Waals surface area contributed by atoms with E-state index in [4.69, 9.17) is 9.47 Å². The predicted octanol–water partition coefficient (Wildman–Crippen LogP) is 3.98. The van der Waals surface area contributed by atoms with Gasteiger partial charge in [0.1, 0.15) is 11.5 Å². The number of halogens is 2. The number of ketones is 1. The monoisotopic (exact) mass is 443 g/mol. The summed E-state index contributed by atoms with van der Waals surface area (Å²) in [7, 11) is 1.62. The molecule has 0 radical (unpaired) electrons. The zero-order chi connectivity index (χ0) is 21.3. The Morgan fingerprint density at radius 3 is 2.74 bits per heavy atom. The van der Waals surface area contributed by atoms with Gasteiger partial charge in [0.2, 0.25) is 11.7 Å². The minimum Gasteiger partial charge on any atom is -0.462 e. The number of hydrogen-bond donors (Lipinski definition) is 1. The average molecular weight is 444 g/mol. The summed E-state index contributed by atoms with van der Waals surface area (Å²) in [4.78, 5) is 34.3. The average Bonchev–Trinajstić information content (AvgIpc) is 3.30. The topological polar surface area (TPSA) is 84.5 Å². The summed E-state index contributed by atoms with van der Waals surface area (Å²) < 4.78 is 24.2. The van der Waals surface area contributed by atoms with Crippen molar-refractivity contribution in [3.05, 3.63) is 77.4 Å². The van der Waals surface area contributed by atoms with Crippen molar-refractivity contribution in [3.63, 3.8) is 0 Å². The van der Waals surface area contributed by atoms with Crippen LogP contribution in [0.3, 0.4) is 0 Å². The Labute approximate surface area is 183 Å². The molecule has 0 amide bonds. The van der Waals surface area contributed by atoms with E-state index in [9.17, 15) is 14.0 Å². The molecule has 1 N–H and O–H groups in total. The maximum atomic E-state index is 13.3. The Hall–Kier alpha value is -3.65. The summed E-state index contributed by atoms with van der Waals surface area (Å²) in [5, 5.41) is 0.805. The molecule has 1 aliphatic rings. The molecule has 4 rings (SSSR count). The number of pyridine rings is 1. The quantitative estimate of drug-likeness (QED) is 0.365. The van der Waals surface area contributed by atoms with E-state index in [2.05, 4.69) is 9.97 Å². The molecule has 3 heterocycles. The number of carbonyl (C=O) groups is 2. The third kappa shape index (κ3) is 4.15. The lowest BCUT2D eigenvalue weighted by Crippen LogP contribution is -2.22. The molecule has 1 aromatic carbocycles. The first-order valence-corrected chi connectivity index (χ1v) is 9.26. The van der Waals surface area contributed by atoms with E-state index in [1.54, 1.807) is 38.5 Å². The first kappa shape index (κ1) is 22.0. The largest absolute Gasteiger partial charge is 0.462 e. The van der Waals surface area contributed by atoms with Crippen molar-refractivity contribution in [3.8, 4) is 0 Å². The summed E-state index contributed by atoms with van der Waals surface area (Å²) in [6.07, 6.45) is 4.91. The minimum atomic E-state index is -0.782. The number of aromatic nitrogens is 2. The lowest BCUT2D eigenvalue weighted by atomic mass is 10.1. The fourth-order valence-corrected chi connectivity index (χ4v) is 3.16. The molecule has 1 aliphatic heterocycles. The number of ether oxygens (including phenoxy) is 2. The highest BCUT2D eigenvalue weighted by atomic mass is 35.5. The van der Waals surface area contributed by atoms with Gasteiger partial charge in [-0.25, -0.2) is 14.2 Å². The standard InChI is InChI=1S/C22H18FN3O4.ClH/c1-3-29-22(28)18-19(27)17(11-13-12-25-20-16(13)5-4-10-24-20)30-21(18)26(2)15-8-6-14(23)7-9-15;/h4-12H,3H2,1-2H3,(H,24,25);1H/b17-11-;. The number of nitrogens with zero attached hydrogens (tertiary/aromatic N) is 2. The summed E-state index contributed by atoms with van der Waals surface area (Å²) in [5.41, 5.74) is 1.68. The normalized spacial score (nSPS) is 14.5. The molecular weight excluding hydrogens is 425 g/mol. The number of rotatable bonds is 5. The van der Waals surface area contributed by atoms with Gasteiger partial charge in [0.25, 0.3) is 0 Å². The second-order valence-electron chi connectivity index (χ2n) is 6.52. The number of hydrogen-bond acceptors (Lipinski definition) is 6. The van der Waals surface area contributed by atoms with Crippen molar-refractivity contribution >= 4 is 47.0 Å². The van der Waals surface area contributed by atoms with E-state index >= 15 is 0 Å². The zero-order valence-electron chi connectivity index (χ0n) is 16.7. The first-order valence-electron chi connectivity index (χ1n) is 9.26. The number of carbonyl (C=O) groups excluding carboxylic acids is 2. The highest BCUT2D eigenvalue weighted by Crippen LogP contribution is 2.33. The van der Waals surface area contributed by atoms with Crippen LogP contribution in [-0.2, 0) is 19.1 Å². The molecule has 0 aliphatic carbocycles. The van der Waals surface area contributed by atoms with Crippen LogP contribution in [0.4, 0.5) is 10.1 Å². The number of fused-ring (bicyclic) bond motifs is 1. The fraction of sp³-hybridized carbons (Fsp3) is 0.136. The zero-order valence-corrected chi connectivity index (χ0v) is 17.5. The lowest BCUT2D eigenvalue weighted by Gasteiger charge is -2.20. The van der Waals surface area contributed by atoms with Gasteiger partial charge in [0, 0.05) is 36.1 Å². The van der Waals surface area contributed by atoms with Crippen LogP contribution in [0.5, 0.6) is 0 Å². The van der Waals surface area contributed by atoms with Crippen molar-refractivity contribution in [2.45, 2.75) is 6.92 Å². The van der Waals surface area contributed by atoms with E-state index in [1.807, 2.05) is 6.07 Å². The van der Waals surface area contributed by atoms with Gasteiger partial charge in [-0.15, -0.1) is 12.4 Å². The molecule has 31 heavy (non-hydrogen) atoms. The Kier molecular flexibility index (Phi) is 6.41. The highest BCUT2D eigenvalue weighted by molar-refractivity contribution is 6.27. The van der Waals surface area contributed by atoms with Crippen molar-refractivity contribution in [1.29, 1.82) is 0 Å². The number of benzene rings is 1. The van der Waals surface area contributed by atoms with Crippen LogP contribution in [0.1, 0.15) is 12.5 Å². The van der Waals surface area contributed by atoms with Crippen LogP contribution in [0, 0.1) is 5.82 Å². The first-order chi connectivity index (χ1) is 14.5. The molecule has 160 valence electrons. The van der Waals surface area contributed by atoms with Crippen molar-refractivity contribution in [2.75, 3.05) is 18.6 Å². The van der Waals surface area contributed by atoms with Gasteiger partial charge in [-0.3, -0.25) is 4.79 Å². The number of allylic oxidation sites excluding steroid dienone is 1. The van der Waals surface area contributed by atoms with Crippen LogP contribution in [0.2, 0.25) is 0 Å². The van der Waals surface area contributed by atoms with Crippen LogP contribution in [-0.4, -0.2) is 35.4 Å². The maximum absolute atomic E-state index is 13.3. The van der Waals surface area contributed by atoms with E-state index in [-0.39, 0.29) is 36.2 Å². The third-order valence-corrected chi connectivity index (χ3v) is 4.64. The number of anilines is 1. The van der Waals surface area contributed by atoms with Gasteiger partial charge in [-0.1, -0.05) is 0 Å². The van der Waals surface area contributed by atoms with E-state index in [1.165, 1.54) is 29.2 Å². The van der Waals surface area contributed by atoms with E-state index in [0.29, 0.717) is 16.9 Å².